The van der Waals surface area contributed by atoms with Crippen molar-refractivity contribution in [1.29, 1.82) is 0 Å². The number of hydrogen-bond acceptors (Lipinski definition) is 4. The normalized spacial score (nSPS) is 10.9. The number of amides is 2. The Kier molecular flexibility index (Phi) is 6.33. The second kappa shape index (κ2) is 9.38. The number of carbonyl (C=O) groups is 2. The first kappa shape index (κ1) is 23.6. The molecule has 0 spiro atoms. The molecule has 0 aliphatic carbocycles. The van der Waals surface area contributed by atoms with Gasteiger partial charge in [0.05, 0.1) is 11.3 Å². The lowest BCUT2D eigenvalue weighted by atomic mass is 10.0. The number of nitrogens with zero attached hydrogens (tertiary/aromatic N) is 3. The van der Waals surface area contributed by atoms with Gasteiger partial charge in [-0.05, 0) is 57.2 Å². The van der Waals surface area contributed by atoms with E-state index in [1.807, 2.05) is 6.92 Å². The number of fused-ring (bicyclic) bond motifs is 1. The molecule has 2 aromatic carbocycles. The molecule has 0 aliphatic rings. The summed E-state index contributed by atoms with van der Waals surface area (Å²) in [5, 5.41) is 5.46. The molecule has 2 amide bonds. The zero-order chi connectivity index (χ0) is 25.3. The quantitative estimate of drug-likeness (QED) is 0.414. The molecular weight excluding hydrogens is 449 g/mol. The van der Waals surface area contributed by atoms with Gasteiger partial charge >= 0.3 is 0 Å². The molecule has 0 saturated heterocycles. The number of imidazole rings is 1. The Balaban J connectivity index is 1.78. The molecule has 4 aromatic rings. The fourth-order valence-corrected chi connectivity index (χ4v) is 3.97. The van der Waals surface area contributed by atoms with Crippen molar-refractivity contribution >= 4 is 29.0 Å². The number of hydrogen-bond donors (Lipinski definition) is 2. The third-order valence-electron chi connectivity index (χ3n) is 5.82. The summed E-state index contributed by atoms with van der Waals surface area (Å²) in [5.41, 5.74) is 3.29. The van der Waals surface area contributed by atoms with E-state index in [0.29, 0.717) is 45.4 Å². The maximum atomic E-state index is 13.7. The van der Waals surface area contributed by atoms with Gasteiger partial charge in [-0.25, -0.2) is 13.8 Å². The van der Waals surface area contributed by atoms with Gasteiger partial charge in [0.15, 0.2) is 0 Å². The number of aromatic nitrogens is 3. The van der Waals surface area contributed by atoms with Crippen LogP contribution in [0.5, 0.6) is 0 Å². The van der Waals surface area contributed by atoms with E-state index in [1.165, 1.54) is 28.7 Å². The molecule has 4 rings (SSSR count). The minimum Gasteiger partial charge on any atom is -0.325 e. The molecule has 9 heteroatoms. The summed E-state index contributed by atoms with van der Waals surface area (Å²) in [6.45, 7) is 8.69. The van der Waals surface area contributed by atoms with Crippen LogP contribution in [0.4, 0.5) is 15.8 Å². The molecule has 2 N–H and O–H groups in total. The van der Waals surface area contributed by atoms with Crippen LogP contribution >= 0.6 is 0 Å². The Morgan fingerprint density at radius 3 is 2.40 bits per heavy atom. The summed E-state index contributed by atoms with van der Waals surface area (Å²) < 4.78 is 16.3. The lowest BCUT2D eigenvalue weighted by Crippen LogP contribution is -2.23. The molecule has 35 heavy (non-hydrogen) atoms. The van der Waals surface area contributed by atoms with E-state index in [2.05, 4.69) is 22.2 Å². The molecule has 0 atom stereocenters. The first-order valence-electron chi connectivity index (χ1n) is 10.9. The number of halogens is 1. The molecule has 2 aromatic heterocycles. The summed E-state index contributed by atoms with van der Waals surface area (Å²) >= 11 is 0. The Morgan fingerprint density at radius 1 is 1.03 bits per heavy atom. The van der Waals surface area contributed by atoms with Gasteiger partial charge in [-0.15, -0.1) is 0 Å². The fourth-order valence-electron chi connectivity index (χ4n) is 3.97. The lowest BCUT2D eigenvalue weighted by molar-refractivity contribution is -0.116. The summed E-state index contributed by atoms with van der Waals surface area (Å²) in [5.74, 6) is -0.806. The van der Waals surface area contributed by atoms with Crippen LogP contribution in [-0.2, 0) is 16.1 Å². The van der Waals surface area contributed by atoms with Crippen molar-refractivity contribution in [2.75, 3.05) is 10.6 Å². The van der Waals surface area contributed by atoms with Gasteiger partial charge < -0.3 is 15.2 Å². The van der Waals surface area contributed by atoms with E-state index in [1.54, 1.807) is 42.7 Å². The van der Waals surface area contributed by atoms with E-state index in [0.717, 1.165) is 6.08 Å². The van der Waals surface area contributed by atoms with Crippen molar-refractivity contribution in [3.8, 4) is 11.1 Å². The summed E-state index contributed by atoms with van der Waals surface area (Å²) in [6.07, 6.45) is 1.16. The number of carbonyl (C=O) groups excluding carboxylic acids is 2. The number of anilines is 2. The van der Waals surface area contributed by atoms with Gasteiger partial charge in [-0.1, -0.05) is 24.8 Å². The highest BCUT2D eigenvalue weighted by Crippen LogP contribution is 2.28. The van der Waals surface area contributed by atoms with Crippen molar-refractivity contribution in [3.63, 3.8) is 0 Å². The summed E-state index contributed by atoms with van der Waals surface area (Å²) in [7, 11) is 0. The van der Waals surface area contributed by atoms with Crippen molar-refractivity contribution in [1.82, 2.24) is 14.0 Å². The van der Waals surface area contributed by atoms with Crippen molar-refractivity contribution in [2.45, 2.75) is 27.3 Å². The molecule has 0 saturated carbocycles. The van der Waals surface area contributed by atoms with Crippen molar-refractivity contribution in [2.24, 2.45) is 0 Å². The number of nitrogens with one attached hydrogen (secondary N) is 2. The zero-order valence-corrected chi connectivity index (χ0v) is 19.6. The van der Waals surface area contributed by atoms with Gasteiger partial charge in [0.25, 0.3) is 5.56 Å². The van der Waals surface area contributed by atoms with E-state index < -0.39 is 11.7 Å². The first-order valence-corrected chi connectivity index (χ1v) is 10.9. The Morgan fingerprint density at radius 2 is 1.71 bits per heavy atom. The third kappa shape index (κ3) is 4.48. The average molecular weight is 474 g/mol. The second-order valence-corrected chi connectivity index (χ2v) is 8.06. The predicted octanol–water partition coefficient (Wildman–Crippen LogP) is 3.99. The maximum absolute atomic E-state index is 13.7. The molecule has 178 valence electrons. The van der Waals surface area contributed by atoms with Gasteiger partial charge in [0.2, 0.25) is 17.6 Å². The van der Waals surface area contributed by atoms with Crippen LogP contribution in [0.2, 0.25) is 0 Å². The smallest absolute Gasteiger partial charge is 0.267 e. The van der Waals surface area contributed by atoms with Crippen molar-refractivity contribution in [3.05, 3.63) is 94.4 Å². The van der Waals surface area contributed by atoms with Gasteiger partial charge in [0, 0.05) is 28.3 Å². The zero-order valence-electron chi connectivity index (χ0n) is 19.6. The Hall–Kier alpha value is -4.53. The molecular formula is C26H24FN5O3. The van der Waals surface area contributed by atoms with Crippen LogP contribution in [0.15, 0.2) is 66.0 Å². The molecule has 0 bridgehead atoms. The van der Waals surface area contributed by atoms with Gasteiger partial charge in [0.1, 0.15) is 12.4 Å². The number of benzene rings is 2. The molecule has 8 nitrogen and oxygen atoms in total. The molecule has 0 aliphatic heterocycles. The second-order valence-electron chi connectivity index (χ2n) is 8.06. The van der Waals surface area contributed by atoms with Crippen LogP contribution in [-0.4, -0.2) is 25.8 Å². The highest BCUT2D eigenvalue weighted by atomic mass is 19.1. The van der Waals surface area contributed by atoms with E-state index in [9.17, 15) is 18.8 Å². The molecule has 2 heterocycles. The monoisotopic (exact) mass is 473 g/mol. The number of aryl methyl sites for hydroxylation is 2. The van der Waals surface area contributed by atoms with Gasteiger partial charge in [-0.2, -0.15) is 0 Å². The van der Waals surface area contributed by atoms with Gasteiger partial charge in [-0.3, -0.25) is 14.4 Å². The van der Waals surface area contributed by atoms with Crippen LogP contribution in [0.3, 0.4) is 0 Å². The highest BCUT2D eigenvalue weighted by molar-refractivity contribution is 6.01. The summed E-state index contributed by atoms with van der Waals surface area (Å²) in [6, 6.07) is 12.4. The van der Waals surface area contributed by atoms with E-state index >= 15 is 0 Å². The van der Waals surface area contributed by atoms with Crippen LogP contribution in [0.1, 0.15) is 17.1 Å². The number of rotatable bonds is 6. The lowest BCUT2D eigenvalue weighted by Gasteiger charge is -2.13. The fraction of sp³-hybridized carbons (Fsp3) is 0.154. The number of para-hydroxylation sites is 1. The standard InChI is InChI=1S/C26H24FN5O3/c1-5-22(33)30-21-9-7-6-8-20(21)24-15(2)28-26-31(16(3)17(4)32(26)25(24)35)14-23(34)29-19-12-10-18(27)11-13-19/h5-13H,1,14H2,2-4H3,(H,29,34)(H,30,33). The highest BCUT2D eigenvalue weighted by Gasteiger charge is 2.22. The first-order chi connectivity index (χ1) is 16.7. The minimum atomic E-state index is -0.397. The van der Waals surface area contributed by atoms with E-state index in [-0.39, 0.29) is 18.0 Å². The third-order valence-corrected chi connectivity index (χ3v) is 5.82. The molecule has 0 unspecified atom stereocenters. The molecule has 0 fully saturated rings. The van der Waals surface area contributed by atoms with Crippen LogP contribution in [0, 0.1) is 26.6 Å². The van der Waals surface area contributed by atoms with Crippen LogP contribution < -0.4 is 16.2 Å². The van der Waals surface area contributed by atoms with E-state index in [4.69, 9.17) is 0 Å². The molecule has 0 radical (unpaired) electrons. The topological polar surface area (TPSA) is 97.5 Å². The maximum Gasteiger partial charge on any atom is 0.267 e. The SMILES string of the molecule is C=CC(=O)Nc1ccccc1-c1c(C)nc2n(CC(=O)Nc3ccc(F)cc3)c(C)c(C)n2c1=O. The minimum absolute atomic E-state index is 0.0856. The Bertz CT molecular complexity index is 1530. The Labute approximate surface area is 200 Å². The average Bonchev–Trinajstić information content (AvgIpc) is 3.06. The van der Waals surface area contributed by atoms with Crippen molar-refractivity contribution < 1.29 is 14.0 Å². The largest absolute Gasteiger partial charge is 0.325 e. The van der Waals surface area contributed by atoms with Crippen LogP contribution in [0.25, 0.3) is 16.9 Å². The summed E-state index contributed by atoms with van der Waals surface area (Å²) in [4.78, 5) is 43.0. The predicted molar refractivity (Wildman–Crippen MR) is 133 cm³/mol.